The van der Waals surface area contributed by atoms with Crippen LogP contribution in [0, 0.1) is 13.8 Å². The lowest BCUT2D eigenvalue weighted by molar-refractivity contribution is -0.141. The molecule has 1 atom stereocenters. The molecule has 188 valence electrons. The zero-order valence-electron chi connectivity index (χ0n) is 21.2. The molecule has 0 bridgehead atoms. The predicted octanol–water partition coefficient (Wildman–Crippen LogP) is 6.31. The lowest BCUT2D eigenvalue weighted by Crippen LogP contribution is -2.52. The molecular formula is C31H35BrN2O2. The van der Waals surface area contributed by atoms with Gasteiger partial charge < -0.3 is 10.2 Å². The minimum atomic E-state index is -0.587. The van der Waals surface area contributed by atoms with Gasteiger partial charge in [0.15, 0.2) is 0 Å². The van der Waals surface area contributed by atoms with Crippen molar-refractivity contribution >= 4 is 27.7 Å². The number of carbonyl (C=O) groups is 2. The molecule has 1 saturated carbocycles. The Labute approximate surface area is 223 Å². The van der Waals surface area contributed by atoms with Gasteiger partial charge in [0.05, 0.1) is 6.42 Å². The fraction of sp³-hybridized carbons (Fsp3) is 0.355. The molecule has 0 aliphatic heterocycles. The maximum absolute atomic E-state index is 13.9. The second kappa shape index (κ2) is 12.4. The largest absolute Gasteiger partial charge is 0.352 e. The van der Waals surface area contributed by atoms with E-state index in [4.69, 9.17) is 0 Å². The third-order valence-electron chi connectivity index (χ3n) is 7.17. The summed E-state index contributed by atoms with van der Waals surface area (Å²) in [5.41, 5.74) is 5.39. The first-order valence-electron chi connectivity index (χ1n) is 12.8. The monoisotopic (exact) mass is 546 g/mol. The summed E-state index contributed by atoms with van der Waals surface area (Å²) in [6.07, 6.45) is 5.04. The average molecular weight is 548 g/mol. The minimum Gasteiger partial charge on any atom is -0.352 e. The zero-order valence-corrected chi connectivity index (χ0v) is 22.8. The van der Waals surface area contributed by atoms with Crippen LogP contribution >= 0.6 is 15.9 Å². The second-order valence-corrected chi connectivity index (χ2v) is 10.9. The summed E-state index contributed by atoms with van der Waals surface area (Å²) >= 11 is 3.50. The number of nitrogens with one attached hydrogen (secondary N) is 1. The highest BCUT2D eigenvalue weighted by Crippen LogP contribution is 2.21. The number of nitrogens with zero attached hydrogens (tertiary/aromatic N) is 1. The Morgan fingerprint density at radius 1 is 0.889 bits per heavy atom. The highest BCUT2D eigenvalue weighted by Gasteiger charge is 2.32. The van der Waals surface area contributed by atoms with Gasteiger partial charge in [-0.1, -0.05) is 89.4 Å². The highest BCUT2D eigenvalue weighted by atomic mass is 79.9. The van der Waals surface area contributed by atoms with Gasteiger partial charge in [-0.25, -0.2) is 0 Å². The van der Waals surface area contributed by atoms with E-state index in [9.17, 15) is 9.59 Å². The van der Waals surface area contributed by atoms with Crippen LogP contribution in [0.5, 0.6) is 0 Å². The number of rotatable bonds is 9. The summed E-state index contributed by atoms with van der Waals surface area (Å²) < 4.78 is 0.985. The predicted molar refractivity (Wildman–Crippen MR) is 149 cm³/mol. The molecule has 0 radical (unpaired) electrons. The van der Waals surface area contributed by atoms with Gasteiger partial charge in [-0.15, -0.1) is 0 Å². The Bertz CT molecular complexity index is 1170. The van der Waals surface area contributed by atoms with Crippen LogP contribution in [0.1, 0.15) is 53.5 Å². The molecular weight excluding hydrogens is 512 g/mol. The van der Waals surface area contributed by atoms with Crippen LogP contribution < -0.4 is 5.32 Å². The standard InChI is InChI=1S/C31H35BrN2O2/c1-22-12-13-26(18-23(22)2)20-30(35)34(21-25-14-16-27(32)17-15-25)29(19-24-8-4-3-5-9-24)31(36)33-28-10-6-7-11-28/h3-5,8-9,12-18,28-29H,6-7,10-11,19-21H2,1-2H3,(H,33,36)/t29-/m0/s1. The maximum atomic E-state index is 13.9. The minimum absolute atomic E-state index is 0.0383. The summed E-state index contributed by atoms with van der Waals surface area (Å²) in [6, 6.07) is 23.7. The Balaban J connectivity index is 1.66. The summed E-state index contributed by atoms with van der Waals surface area (Å²) in [6.45, 7) is 4.52. The molecule has 36 heavy (non-hydrogen) atoms. The topological polar surface area (TPSA) is 49.4 Å². The third-order valence-corrected chi connectivity index (χ3v) is 7.69. The molecule has 4 rings (SSSR count). The van der Waals surface area contributed by atoms with E-state index >= 15 is 0 Å². The lowest BCUT2D eigenvalue weighted by Gasteiger charge is -2.32. The number of halogens is 1. The molecule has 0 spiro atoms. The molecule has 1 fully saturated rings. The van der Waals surface area contributed by atoms with E-state index in [2.05, 4.69) is 47.2 Å². The van der Waals surface area contributed by atoms with Crippen LogP contribution in [0.15, 0.2) is 77.3 Å². The van der Waals surface area contributed by atoms with E-state index in [0.29, 0.717) is 13.0 Å². The van der Waals surface area contributed by atoms with Crippen molar-refractivity contribution in [2.75, 3.05) is 0 Å². The molecule has 3 aromatic carbocycles. The lowest BCUT2D eigenvalue weighted by atomic mass is 10.00. The van der Waals surface area contributed by atoms with E-state index < -0.39 is 6.04 Å². The van der Waals surface area contributed by atoms with Crippen LogP contribution in [0.25, 0.3) is 0 Å². The Morgan fingerprint density at radius 3 is 2.22 bits per heavy atom. The SMILES string of the molecule is Cc1ccc(CC(=O)N(Cc2ccc(Br)cc2)[C@@H](Cc2ccccc2)C(=O)NC2CCCC2)cc1C. The highest BCUT2D eigenvalue weighted by molar-refractivity contribution is 9.10. The number of hydrogen-bond acceptors (Lipinski definition) is 2. The fourth-order valence-corrected chi connectivity index (χ4v) is 5.16. The van der Waals surface area contributed by atoms with E-state index in [0.717, 1.165) is 46.8 Å². The van der Waals surface area contributed by atoms with Crippen LogP contribution in [0.2, 0.25) is 0 Å². The van der Waals surface area contributed by atoms with Crippen molar-refractivity contribution in [3.8, 4) is 0 Å². The molecule has 2 amide bonds. The van der Waals surface area contributed by atoms with Crippen molar-refractivity contribution in [3.05, 3.63) is 105 Å². The number of hydrogen-bond donors (Lipinski definition) is 1. The summed E-state index contributed by atoms with van der Waals surface area (Å²) in [5.74, 6) is -0.0972. The molecule has 0 unspecified atom stereocenters. The summed E-state index contributed by atoms with van der Waals surface area (Å²) in [7, 11) is 0. The molecule has 0 heterocycles. The Hall–Kier alpha value is -2.92. The van der Waals surface area contributed by atoms with Crippen LogP contribution in [-0.2, 0) is 29.0 Å². The van der Waals surface area contributed by atoms with Crippen molar-refractivity contribution in [1.82, 2.24) is 10.2 Å². The molecule has 0 aromatic heterocycles. The molecule has 4 nitrogen and oxygen atoms in total. The first-order valence-corrected chi connectivity index (χ1v) is 13.6. The fourth-order valence-electron chi connectivity index (χ4n) is 4.90. The van der Waals surface area contributed by atoms with E-state index in [-0.39, 0.29) is 24.3 Å². The van der Waals surface area contributed by atoms with Gasteiger partial charge in [0.25, 0.3) is 0 Å². The van der Waals surface area contributed by atoms with Gasteiger partial charge in [0.1, 0.15) is 6.04 Å². The first kappa shape index (κ1) is 26.2. The van der Waals surface area contributed by atoms with Gasteiger partial charge in [-0.3, -0.25) is 9.59 Å². The van der Waals surface area contributed by atoms with Gasteiger partial charge in [0.2, 0.25) is 11.8 Å². The van der Waals surface area contributed by atoms with Gasteiger partial charge in [0, 0.05) is 23.5 Å². The molecule has 3 aromatic rings. The smallest absolute Gasteiger partial charge is 0.243 e. The van der Waals surface area contributed by atoms with E-state index in [1.165, 1.54) is 11.1 Å². The molecule has 1 N–H and O–H groups in total. The molecule has 0 saturated heterocycles. The van der Waals surface area contributed by atoms with Gasteiger partial charge in [-0.05, 0) is 66.6 Å². The average Bonchev–Trinajstić information content (AvgIpc) is 3.38. The Kier molecular flexibility index (Phi) is 8.98. The molecule has 5 heteroatoms. The number of benzene rings is 3. The van der Waals surface area contributed by atoms with Crippen molar-refractivity contribution < 1.29 is 9.59 Å². The van der Waals surface area contributed by atoms with Crippen molar-refractivity contribution in [3.63, 3.8) is 0 Å². The van der Waals surface area contributed by atoms with Crippen molar-refractivity contribution in [1.29, 1.82) is 0 Å². The quantitative estimate of drug-likeness (QED) is 0.342. The van der Waals surface area contributed by atoms with E-state index in [1.807, 2.05) is 60.7 Å². The van der Waals surface area contributed by atoms with E-state index in [1.54, 1.807) is 4.90 Å². The summed E-state index contributed by atoms with van der Waals surface area (Å²) in [4.78, 5) is 29.4. The normalized spacial score (nSPS) is 14.4. The third kappa shape index (κ3) is 7.07. The number of amides is 2. The zero-order chi connectivity index (χ0) is 25.5. The van der Waals surface area contributed by atoms with Crippen LogP contribution in [-0.4, -0.2) is 28.8 Å². The molecule has 1 aliphatic rings. The maximum Gasteiger partial charge on any atom is 0.243 e. The Morgan fingerprint density at radius 2 is 1.56 bits per heavy atom. The van der Waals surface area contributed by atoms with Crippen molar-refractivity contribution in [2.45, 2.75) is 71.0 Å². The summed E-state index contributed by atoms with van der Waals surface area (Å²) in [5, 5.41) is 3.27. The number of aryl methyl sites for hydroxylation is 2. The van der Waals surface area contributed by atoms with Gasteiger partial charge >= 0.3 is 0 Å². The second-order valence-electron chi connectivity index (χ2n) is 9.94. The number of carbonyl (C=O) groups excluding carboxylic acids is 2. The van der Waals surface area contributed by atoms with Gasteiger partial charge in [-0.2, -0.15) is 0 Å². The van der Waals surface area contributed by atoms with Crippen LogP contribution in [0.3, 0.4) is 0 Å². The van der Waals surface area contributed by atoms with Crippen molar-refractivity contribution in [2.24, 2.45) is 0 Å². The first-order chi connectivity index (χ1) is 17.4. The van der Waals surface area contributed by atoms with Crippen LogP contribution in [0.4, 0.5) is 0 Å². The molecule has 1 aliphatic carbocycles.